The van der Waals surface area contributed by atoms with Crippen LogP contribution in [0.3, 0.4) is 0 Å². The number of nitrogens with one attached hydrogen (secondary N) is 1. The number of thioether (sulfide) groups is 1. The van der Waals surface area contributed by atoms with E-state index in [1.54, 1.807) is 24.3 Å². The molecule has 1 saturated carbocycles. The topological polar surface area (TPSA) is 140 Å². The van der Waals surface area contributed by atoms with E-state index in [1.807, 2.05) is 0 Å². The first kappa shape index (κ1) is 26.4. The maximum absolute atomic E-state index is 12.8. The largest absolute Gasteiger partial charge is 0.493 e. The van der Waals surface area contributed by atoms with Crippen LogP contribution >= 0.6 is 11.8 Å². The van der Waals surface area contributed by atoms with Gasteiger partial charge in [-0.2, -0.15) is 15.1 Å². The first-order valence-electron chi connectivity index (χ1n) is 12.6. The van der Waals surface area contributed by atoms with Crippen LogP contribution in [0.2, 0.25) is 0 Å². The summed E-state index contributed by atoms with van der Waals surface area (Å²) in [6, 6.07) is 11.0. The van der Waals surface area contributed by atoms with Crippen molar-refractivity contribution in [1.82, 2.24) is 5.01 Å². The Hall–Kier alpha value is -4.19. The van der Waals surface area contributed by atoms with Crippen molar-refractivity contribution in [2.24, 2.45) is 16.0 Å². The Labute approximate surface area is 229 Å². The van der Waals surface area contributed by atoms with Gasteiger partial charge in [-0.3, -0.25) is 20.3 Å². The quantitative estimate of drug-likeness (QED) is 0.193. The number of hydrogen-bond acceptors (Lipinski definition) is 9. The van der Waals surface area contributed by atoms with Crippen LogP contribution in [0.5, 0.6) is 17.2 Å². The van der Waals surface area contributed by atoms with Gasteiger partial charge in [0.05, 0.1) is 17.6 Å². The highest BCUT2D eigenvalue weighted by atomic mass is 32.2. The third-order valence-corrected chi connectivity index (χ3v) is 7.65. The van der Waals surface area contributed by atoms with Gasteiger partial charge in [0.1, 0.15) is 24.0 Å². The average molecular weight is 550 g/mol. The lowest BCUT2D eigenvalue weighted by atomic mass is 9.90. The number of hydrogen-bond donors (Lipinski definition) is 1. The molecule has 2 aromatic carbocycles. The summed E-state index contributed by atoms with van der Waals surface area (Å²) in [5.41, 5.74) is 0.767. The Morgan fingerprint density at radius 1 is 1.10 bits per heavy atom. The Kier molecular flexibility index (Phi) is 7.92. The minimum atomic E-state index is -0.478. The number of aliphatic imine (C=N–C) groups is 1. The molecule has 2 aromatic rings. The van der Waals surface area contributed by atoms with E-state index >= 15 is 0 Å². The van der Waals surface area contributed by atoms with Crippen molar-refractivity contribution in [3.05, 3.63) is 63.7 Å². The summed E-state index contributed by atoms with van der Waals surface area (Å²) in [6.45, 7) is 0.375. The molecule has 0 saturated heterocycles. The summed E-state index contributed by atoms with van der Waals surface area (Å²) in [5.74, 6) is 1.30. The van der Waals surface area contributed by atoms with E-state index in [-0.39, 0.29) is 30.3 Å². The van der Waals surface area contributed by atoms with Crippen molar-refractivity contribution in [2.45, 2.75) is 32.1 Å². The fourth-order valence-corrected chi connectivity index (χ4v) is 5.62. The lowest BCUT2D eigenvalue weighted by Crippen LogP contribution is -2.35. The van der Waals surface area contributed by atoms with Gasteiger partial charge in [0, 0.05) is 18.1 Å². The van der Waals surface area contributed by atoms with Crippen molar-refractivity contribution in [3.63, 3.8) is 0 Å². The molecule has 2 heterocycles. The van der Waals surface area contributed by atoms with E-state index in [9.17, 15) is 14.9 Å². The van der Waals surface area contributed by atoms with Crippen LogP contribution in [-0.4, -0.2) is 52.2 Å². The summed E-state index contributed by atoms with van der Waals surface area (Å²) in [4.78, 5) is 27.4. The minimum Gasteiger partial charge on any atom is -0.493 e. The number of amidine groups is 2. The maximum atomic E-state index is 12.8. The number of carbonyl (C=O) groups excluding carboxylic acids is 1. The molecule has 0 spiro atoms. The van der Waals surface area contributed by atoms with Gasteiger partial charge in [-0.15, -0.1) is 0 Å². The lowest BCUT2D eigenvalue weighted by Gasteiger charge is -2.20. The lowest BCUT2D eigenvalue weighted by molar-refractivity contribution is -0.384. The highest BCUT2D eigenvalue weighted by Gasteiger charge is 2.38. The number of carbonyl (C=O) groups is 1. The van der Waals surface area contributed by atoms with Crippen LogP contribution < -0.4 is 14.2 Å². The number of hydrazone groups is 1. The van der Waals surface area contributed by atoms with Gasteiger partial charge in [0.2, 0.25) is 5.17 Å². The molecule has 0 radical (unpaired) electrons. The second kappa shape index (κ2) is 11.7. The third-order valence-electron chi connectivity index (χ3n) is 6.58. The number of methoxy groups -OCH3 is 1. The van der Waals surface area contributed by atoms with Crippen molar-refractivity contribution < 1.29 is 23.9 Å². The number of nitrogens with zero attached hydrogens (tertiary/aromatic N) is 4. The average Bonchev–Trinajstić information content (AvgIpc) is 3.38. The SMILES string of the molecule is COc1ccc(/C=C2/C(=N)N3N=C(C4CCCCC4)SC3=NC2=O)cc1OCCOc1ccc([N+](=O)[O-])cc1. The normalized spacial score (nSPS) is 18.5. The molecule has 202 valence electrons. The molecular formula is C27H27N5O6S. The van der Waals surface area contributed by atoms with Crippen molar-refractivity contribution in [2.75, 3.05) is 20.3 Å². The van der Waals surface area contributed by atoms with Gasteiger partial charge in [0.15, 0.2) is 17.3 Å². The molecule has 2 aliphatic heterocycles. The smallest absolute Gasteiger partial charge is 0.283 e. The number of benzene rings is 2. The minimum absolute atomic E-state index is 0.00177. The van der Waals surface area contributed by atoms with Crippen LogP contribution in [0.1, 0.15) is 37.7 Å². The Morgan fingerprint density at radius 3 is 2.56 bits per heavy atom. The molecule has 12 heteroatoms. The second-order valence-corrected chi connectivity index (χ2v) is 10.1. The zero-order valence-corrected chi connectivity index (χ0v) is 22.1. The molecule has 0 aromatic heterocycles. The summed E-state index contributed by atoms with van der Waals surface area (Å²) >= 11 is 1.39. The molecular weight excluding hydrogens is 522 g/mol. The van der Waals surface area contributed by atoms with Crippen LogP contribution in [0.15, 0.2) is 58.1 Å². The van der Waals surface area contributed by atoms with Crippen LogP contribution in [0, 0.1) is 21.4 Å². The molecule has 1 aliphatic carbocycles. The number of rotatable bonds is 9. The Bertz CT molecular complexity index is 1380. The monoisotopic (exact) mass is 549 g/mol. The van der Waals surface area contributed by atoms with Crippen LogP contribution in [-0.2, 0) is 4.79 Å². The van der Waals surface area contributed by atoms with E-state index in [0.717, 1.165) is 17.9 Å². The second-order valence-electron chi connectivity index (χ2n) is 9.15. The van der Waals surface area contributed by atoms with Gasteiger partial charge >= 0.3 is 0 Å². The molecule has 1 N–H and O–H groups in total. The number of fused-ring (bicyclic) bond motifs is 1. The van der Waals surface area contributed by atoms with Crippen molar-refractivity contribution >= 4 is 45.5 Å². The van der Waals surface area contributed by atoms with Gasteiger partial charge in [-0.05, 0) is 60.5 Å². The number of non-ortho nitro benzene ring substituents is 1. The first-order valence-corrected chi connectivity index (χ1v) is 13.4. The number of ether oxygens (including phenoxy) is 3. The van der Waals surface area contributed by atoms with Crippen molar-refractivity contribution in [1.29, 1.82) is 5.41 Å². The zero-order valence-electron chi connectivity index (χ0n) is 21.3. The molecule has 5 rings (SSSR count). The highest BCUT2D eigenvalue weighted by molar-refractivity contribution is 8.27. The Balaban J connectivity index is 1.26. The molecule has 0 atom stereocenters. The molecule has 3 aliphatic rings. The van der Waals surface area contributed by atoms with Crippen LogP contribution in [0.4, 0.5) is 5.69 Å². The number of amides is 1. The molecule has 0 unspecified atom stereocenters. The molecule has 1 amide bonds. The van der Waals surface area contributed by atoms with Gasteiger partial charge in [-0.25, -0.2) is 0 Å². The fraction of sp³-hybridized carbons (Fsp3) is 0.333. The highest BCUT2D eigenvalue weighted by Crippen LogP contribution is 2.36. The standard InChI is InChI=1S/C27H27N5O6S/c1-36-22-12-7-17(16-23(22)38-14-13-37-20-10-8-19(9-11-20)32(34)35)15-21-24(28)31-27(29-25(21)33)39-26(30-31)18-5-3-2-4-6-18/h7-12,15-16,18,28H,2-6,13-14H2,1H3/b21-15-,28-24?. The summed E-state index contributed by atoms with van der Waals surface area (Å²) in [7, 11) is 1.53. The Morgan fingerprint density at radius 2 is 1.85 bits per heavy atom. The molecule has 1 fully saturated rings. The van der Waals surface area contributed by atoms with E-state index in [2.05, 4.69) is 10.1 Å². The molecule has 11 nitrogen and oxygen atoms in total. The molecule has 39 heavy (non-hydrogen) atoms. The summed E-state index contributed by atoms with van der Waals surface area (Å²) in [5, 5.41) is 26.9. The third kappa shape index (κ3) is 5.95. The van der Waals surface area contributed by atoms with E-state index < -0.39 is 10.8 Å². The van der Waals surface area contributed by atoms with Gasteiger partial charge < -0.3 is 14.2 Å². The molecule has 0 bridgehead atoms. The van der Waals surface area contributed by atoms with Gasteiger partial charge in [-0.1, -0.05) is 25.3 Å². The zero-order chi connectivity index (χ0) is 27.4. The van der Waals surface area contributed by atoms with E-state index in [4.69, 9.17) is 19.6 Å². The number of nitro groups is 1. The van der Waals surface area contributed by atoms with E-state index in [0.29, 0.717) is 33.9 Å². The number of nitro benzene ring substituents is 1. The fourth-order valence-electron chi connectivity index (χ4n) is 4.56. The predicted octanol–water partition coefficient (Wildman–Crippen LogP) is 5.26. The van der Waals surface area contributed by atoms with Crippen LogP contribution in [0.25, 0.3) is 6.08 Å². The van der Waals surface area contributed by atoms with Gasteiger partial charge in [0.25, 0.3) is 11.6 Å². The maximum Gasteiger partial charge on any atom is 0.283 e. The van der Waals surface area contributed by atoms with E-state index in [1.165, 1.54) is 67.4 Å². The summed E-state index contributed by atoms with van der Waals surface area (Å²) < 4.78 is 16.9. The van der Waals surface area contributed by atoms with Crippen molar-refractivity contribution in [3.8, 4) is 17.2 Å². The predicted molar refractivity (Wildman–Crippen MR) is 149 cm³/mol. The first-order chi connectivity index (χ1) is 18.9. The summed E-state index contributed by atoms with van der Waals surface area (Å²) in [6.07, 6.45) is 7.33.